The van der Waals surface area contributed by atoms with Gasteiger partial charge in [0.1, 0.15) is 5.82 Å². The molecule has 1 N–H and O–H groups in total. The molecule has 4 heterocycles. The van der Waals surface area contributed by atoms with E-state index in [0.29, 0.717) is 11.8 Å². The number of nitrogens with one attached hydrogen (secondary N) is 1. The molecule has 2 fully saturated rings. The maximum atomic E-state index is 12.8. The highest BCUT2D eigenvalue weighted by atomic mass is 16.2. The number of fused-ring (bicyclic) bond motifs is 2. The van der Waals surface area contributed by atoms with Crippen LogP contribution in [0.4, 0.5) is 11.5 Å². The number of aryl methyl sites for hydroxylation is 2. The number of anilines is 2. The summed E-state index contributed by atoms with van der Waals surface area (Å²) in [5.41, 5.74) is 5.83. The summed E-state index contributed by atoms with van der Waals surface area (Å²) < 4.78 is 0. The molecule has 5 nitrogen and oxygen atoms in total. The molecule has 0 saturated carbocycles. The normalized spacial score (nSPS) is 22.9. The molecule has 3 aliphatic heterocycles. The molecule has 5 heteroatoms. The van der Waals surface area contributed by atoms with Crippen molar-refractivity contribution in [1.29, 1.82) is 0 Å². The second-order valence-corrected chi connectivity index (χ2v) is 8.79. The third kappa shape index (κ3) is 3.60. The van der Waals surface area contributed by atoms with E-state index in [4.69, 9.17) is 0 Å². The van der Waals surface area contributed by atoms with E-state index in [9.17, 15) is 4.79 Å². The van der Waals surface area contributed by atoms with Gasteiger partial charge in [-0.1, -0.05) is 24.8 Å². The van der Waals surface area contributed by atoms with Gasteiger partial charge in [-0.2, -0.15) is 0 Å². The number of carbonyl (C=O) groups excluding carboxylic acids is 1. The fourth-order valence-corrected chi connectivity index (χ4v) is 5.00. The van der Waals surface area contributed by atoms with Crippen LogP contribution in [0.3, 0.4) is 0 Å². The number of carbonyl (C=O) groups is 1. The highest BCUT2D eigenvalue weighted by Crippen LogP contribution is 2.35. The highest BCUT2D eigenvalue weighted by Gasteiger charge is 2.41. The lowest BCUT2D eigenvalue weighted by molar-refractivity contribution is -0.125. The number of allylic oxidation sites excluding steroid dienone is 1. The van der Waals surface area contributed by atoms with Crippen LogP contribution < -0.4 is 10.2 Å². The summed E-state index contributed by atoms with van der Waals surface area (Å²) in [5, 5.41) is 3.23. The zero-order valence-corrected chi connectivity index (χ0v) is 17.5. The largest absolute Gasteiger partial charge is 0.371 e. The molecule has 2 saturated heterocycles. The summed E-state index contributed by atoms with van der Waals surface area (Å²) >= 11 is 0. The summed E-state index contributed by atoms with van der Waals surface area (Å²) in [6.07, 6.45) is 7.28. The van der Waals surface area contributed by atoms with Crippen molar-refractivity contribution in [3.8, 4) is 0 Å². The molecular weight excluding hydrogens is 372 g/mol. The van der Waals surface area contributed by atoms with Crippen LogP contribution in [-0.2, 0) is 11.2 Å². The van der Waals surface area contributed by atoms with E-state index in [-0.39, 0.29) is 5.91 Å². The van der Waals surface area contributed by atoms with Gasteiger partial charge in [0.2, 0.25) is 5.91 Å². The number of para-hydroxylation sites is 1. The molecule has 1 aromatic heterocycles. The molecule has 2 aromatic rings. The molecule has 5 rings (SSSR count). The second kappa shape index (κ2) is 7.63. The zero-order chi connectivity index (χ0) is 20.7. The number of amides is 1. The Bertz CT molecular complexity index is 1010. The van der Waals surface area contributed by atoms with Crippen molar-refractivity contribution >= 4 is 23.5 Å². The van der Waals surface area contributed by atoms with Crippen LogP contribution in [-0.4, -0.2) is 42.0 Å². The number of likely N-dealkylation sites (tertiary alicyclic amines) is 1. The second-order valence-electron chi connectivity index (χ2n) is 8.79. The zero-order valence-electron chi connectivity index (χ0n) is 17.5. The molecule has 0 aliphatic carbocycles. The van der Waals surface area contributed by atoms with Crippen molar-refractivity contribution in [1.82, 2.24) is 9.88 Å². The van der Waals surface area contributed by atoms with E-state index >= 15 is 0 Å². The van der Waals surface area contributed by atoms with Gasteiger partial charge >= 0.3 is 0 Å². The van der Waals surface area contributed by atoms with E-state index in [0.717, 1.165) is 56.1 Å². The van der Waals surface area contributed by atoms with Gasteiger partial charge in [0.15, 0.2) is 0 Å². The molecule has 0 spiro atoms. The van der Waals surface area contributed by atoms with Gasteiger partial charge in [-0.25, -0.2) is 4.98 Å². The Morgan fingerprint density at radius 3 is 2.70 bits per heavy atom. The average Bonchev–Trinajstić information content (AvgIpc) is 3.31. The monoisotopic (exact) mass is 400 g/mol. The van der Waals surface area contributed by atoms with E-state index in [1.165, 1.54) is 16.8 Å². The Morgan fingerprint density at radius 2 is 1.93 bits per heavy atom. The Kier molecular flexibility index (Phi) is 4.81. The van der Waals surface area contributed by atoms with Crippen LogP contribution in [0.5, 0.6) is 0 Å². The van der Waals surface area contributed by atoms with Crippen molar-refractivity contribution in [2.24, 2.45) is 11.8 Å². The van der Waals surface area contributed by atoms with Gasteiger partial charge in [0.05, 0.1) is 0 Å². The fourth-order valence-electron chi connectivity index (χ4n) is 5.00. The Hall–Kier alpha value is -3.08. The molecule has 3 aliphatic rings. The van der Waals surface area contributed by atoms with E-state index in [2.05, 4.69) is 59.0 Å². The predicted molar refractivity (Wildman–Crippen MR) is 121 cm³/mol. The molecular formula is C25H28N4O. The molecule has 1 aromatic carbocycles. The molecule has 2 atom stereocenters. The van der Waals surface area contributed by atoms with Crippen molar-refractivity contribution in [3.63, 3.8) is 0 Å². The van der Waals surface area contributed by atoms with E-state index < -0.39 is 0 Å². The number of rotatable bonds is 3. The van der Waals surface area contributed by atoms with Crippen LogP contribution >= 0.6 is 0 Å². The van der Waals surface area contributed by atoms with Gasteiger partial charge in [0.25, 0.3) is 0 Å². The van der Waals surface area contributed by atoms with Crippen LogP contribution in [0.25, 0.3) is 6.08 Å². The molecule has 1 amide bonds. The third-order valence-electron chi connectivity index (χ3n) is 6.65. The number of nitrogens with zero attached hydrogens (tertiary/aromatic N) is 3. The number of hydrogen-bond acceptors (Lipinski definition) is 4. The minimum absolute atomic E-state index is 0.107. The lowest BCUT2D eigenvalue weighted by Gasteiger charge is -2.24. The standard InChI is InChI=1S/C25H28N4O/c1-17-5-3-4-6-23(17)28-13-21-15-29(16-22(21)14-28)24(30)10-8-19-11-20-9-7-18(2)27-25(20)26-12-19/h3-6,8,10-12,21-22H,2,7,9,13-16H2,1H3,(H,26,27)/b10-8+/t21-,22+. The minimum Gasteiger partial charge on any atom is -0.371 e. The maximum Gasteiger partial charge on any atom is 0.246 e. The van der Waals surface area contributed by atoms with Gasteiger partial charge < -0.3 is 15.1 Å². The Balaban J connectivity index is 1.20. The first-order valence-corrected chi connectivity index (χ1v) is 10.8. The molecule has 154 valence electrons. The molecule has 0 bridgehead atoms. The summed E-state index contributed by atoms with van der Waals surface area (Å²) in [7, 11) is 0. The first-order valence-electron chi connectivity index (χ1n) is 10.8. The Morgan fingerprint density at radius 1 is 1.17 bits per heavy atom. The highest BCUT2D eigenvalue weighted by molar-refractivity contribution is 5.92. The Labute approximate surface area is 178 Å². The molecule has 30 heavy (non-hydrogen) atoms. The van der Waals surface area contributed by atoms with Crippen LogP contribution in [0.2, 0.25) is 0 Å². The van der Waals surface area contributed by atoms with Crippen molar-refractivity contribution in [2.45, 2.75) is 19.8 Å². The van der Waals surface area contributed by atoms with Crippen LogP contribution in [0.15, 0.2) is 54.9 Å². The van der Waals surface area contributed by atoms with Crippen LogP contribution in [0, 0.1) is 18.8 Å². The van der Waals surface area contributed by atoms with Crippen molar-refractivity contribution in [2.75, 3.05) is 36.4 Å². The van der Waals surface area contributed by atoms with E-state index in [1.807, 2.05) is 17.2 Å². The third-order valence-corrected chi connectivity index (χ3v) is 6.65. The first kappa shape index (κ1) is 18.9. The van der Waals surface area contributed by atoms with Crippen molar-refractivity contribution in [3.05, 3.63) is 71.6 Å². The van der Waals surface area contributed by atoms with Gasteiger partial charge in [-0.05, 0) is 54.7 Å². The van der Waals surface area contributed by atoms with Gasteiger partial charge in [0, 0.05) is 61.7 Å². The number of hydrogen-bond donors (Lipinski definition) is 1. The lowest BCUT2D eigenvalue weighted by Crippen LogP contribution is -2.32. The van der Waals surface area contributed by atoms with Gasteiger partial charge in [-0.3, -0.25) is 4.79 Å². The van der Waals surface area contributed by atoms with Crippen LogP contribution in [0.1, 0.15) is 23.1 Å². The topological polar surface area (TPSA) is 48.5 Å². The minimum atomic E-state index is 0.107. The average molecular weight is 401 g/mol. The molecule has 0 radical (unpaired) electrons. The maximum absolute atomic E-state index is 12.8. The SMILES string of the molecule is C=C1CCc2cc(/C=C/C(=O)N3C[C@@H]4CN(c5ccccc5C)C[C@@H]4C3)cnc2N1. The summed E-state index contributed by atoms with van der Waals surface area (Å²) in [6.45, 7) is 9.92. The summed E-state index contributed by atoms with van der Waals surface area (Å²) in [4.78, 5) is 21.8. The van der Waals surface area contributed by atoms with Gasteiger partial charge in [-0.15, -0.1) is 0 Å². The summed E-state index contributed by atoms with van der Waals surface area (Å²) in [6, 6.07) is 10.7. The number of benzene rings is 1. The van der Waals surface area contributed by atoms with Crippen molar-refractivity contribution < 1.29 is 4.79 Å². The van der Waals surface area contributed by atoms with E-state index in [1.54, 1.807) is 6.08 Å². The quantitative estimate of drug-likeness (QED) is 0.795. The number of pyridine rings is 1. The number of aromatic nitrogens is 1. The summed E-state index contributed by atoms with van der Waals surface area (Å²) in [5.74, 6) is 2.12. The fraction of sp³-hybridized carbons (Fsp3) is 0.360. The smallest absolute Gasteiger partial charge is 0.246 e. The first-order chi connectivity index (χ1) is 14.6. The molecule has 0 unspecified atom stereocenters. The predicted octanol–water partition coefficient (Wildman–Crippen LogP) is 3.87. The lowest BCUT2D eigenvalue weighted by atomic mass is 10.0.